The van der Waals surface area contributed by atoms with Gasteiger partial charge >= 0.3 is 0 Å². The lowest BCUT2D eigenvalue weighted by Gasteiger charge is -2.30. The van der Waals surface area contributed by atoms with Crippen molar-refractivity contribution in [2.45, 2.75) is 47.5 Å². The van der Waals surface area contributed by atoms with Gasteiger partial charge in [-0.15, -0.1) is 0 Å². The molecule has 0 heterocycles. The van der Waals surface area contributed by atoms with Crippen LogP contribution in [-0.4, -0.2) is 47.8 Å². The summed E-state index contributed by atoms with van der Waals surface area (Å²) in [5.41, 5.74) is 1.67. The Morgan fingerprint density at radius 1 is 0.864 bits per heavy atom. The highest BCUT2D eigenvalue weighted by Crippen LogP contribution is 2.52. The van der Waals surface area contributed by atoms with Crippen molar-refractivity contribution in [3.8, 4) is 0 Å². The molecule has 124 valence electrons. The standard InChI is InChI=1S/C18H30N2O2/c1-6-19(7-2)17(21)15-13-10-12(5)14(11-13)16(15)18(22)20(8-3)9-4/h12-14H,6-11H2,1-5H3. The Kier molecular flexibility index (Phi) is 5.30. The van der Waals surface area contributed by atoms with Crippen molar-refractivity contribution in [2.75, 3.05) is 26.2 Å². The summed E-state index contributed by atoms with van der Waals surface area (Å²) in [6.07, 6.45) is 2.05. The van der Waals surface area contributed by atoms with Crippen molar-refractivity contribution >= 4 is 11.8 Å². The number of rotatable bonds is 6. The van der Waals surface area contributed by atoms with Crippen LogP contribution in [0.2, 0.25) is 0 Å². The molecule has 0 radical (unpaired) electrons. The van der Waals surface area contributed by atoms with Gasteiger partial charge in [-0.1, -0.05) is 6.92 Å². The highest BCUT2D eigenvalue weighted by Gasteiger charge is 2.49. The Morgan fingerprint density at radius 2 is 1.32 bits per heavy atom. The van der Waals surface area contributed by atoms with E-state index in [4.69, 9.17) is 0 Å². The third-order valence-corrected chi connectivity index (χ3v) is 5.51. The molecule has 2 aliphatic carbocycles. The molecule has 3 unspecified atom stereocenters. The molecule has 0 aromatic heterocycles. The van der Waals surface area contributed by atoms with Gasteiger partial charge in [-0.2, -0.15) is 0 Å². The van der Waals surface area contributed by atoms with Crippen molar-refractivity contribution < 1.29 is 9.59 Å². The third kappa shape index (κ3) is 2.68. The van der Waals surface area contributed by atoms with Crippen molar-refractivity contribution in [2.24, 2.45) is 17.8 Å². The SMILES string of the molecule is CCN(CC)C(=O)C1=C(C(=O)N(CC)CC)C2CC1CC2C. The van der Waals surface area contributed by atoms with Gasteiger partial charge < -0.3 is 9.80 Å². The normalized spacial score (nSPS) is 26.5. The second-order valence-electron chi connectivity index (χ2n) is 6.53. The van der Waals surface area contributed by atoms with Crippen molar-refractivity contribution in [3.05, 3.63) is 11.1 Å². The van der Waals surface area contributed by atoms with E-state index >= 15 is 0 Å². The van der Waals surface area contributed by atoms with Gasteiger partial charge in [-0.3, -0.25) is 9.59 Å². The number of carbonyl (C=O) groups excluding carboxylic acids is 2. The molecule has 4 heteroatoms. The van der Waals surface area contributed by atoms with Crippen LogP contribution in [0.3, 0.4) is 0 Å². The fourth-order valence-electron chi connectivity index (χ4n) is 4.23. The summed E-state index contributed by atoms with van der Waals surface area (Å²) in [5.74, 6) is 1.29. The quantitative estimate of drug-likeness (QED) is 0.757. The molecule has 2 rings (SSSR count). The summed E-state index contributed by atoms with van der Waals surface area (Å²) in [7, 11) is 0. The Balaban J connectivity index is 2.42. The van der Waals surface area contributed by atoms with Crippen LogP contribution in [0, 0.1) is 17.8 Å². The van der Waals surface area contributed by atoms with Crippen LogP contribution in [0.25, 0.3) is 0 Å². The zero-order valence-corrected chi connectivity index (χ0v) is 14.7. The molecule has 1 fully saturated rings. The molecule has 3 atom stereocenters. The van der Waals surface area contributed by atoms with Gasteiger partial charge in [0, 0.05) is 37.3 Å². The summed E-state index contributed by atoms with van der Waals surface area (Å²) in [6, 6.07) is 0. The van der Waals surface area contributed by atoms with Gasteiger partial charge in [0.1, 0.15) is 0 Å². The largest absolute Gasteiger partial charge is 0.339 e. The molecule has 0 saturated heterocycles. The Morgan fingerprint density at radius 3 is 1.77 bits per heavy atom. The zero-order chi connectivity index (χ0) is 16.4. The summed E-state index contributed by atoms with van der Waals surface area (Å²) >= 11 is 0. The lowest BCUT2D eigenvalue weighted by Crippen LogP contribution is -2.39. The summed E-state index contributed by atoms with van der Waals surface area (Å²) < 4.78 is 0. The van der Waals surface area contributed by atoms with E-state index in [9.17, 15) is 9.59 Å². The average molecular weight is 306 g/mol. The van der Waals surface area contributed by atoms with Crippen LogP contribution in [0.5, 0.6) is 0 Å². The Hall–Kier alpha value is -1.32. The van der Waals surface area contributed by atoms with Gasteiger partial charge in [-0.25, -0.2) is 0 Å². The predicted octanol–water partition coefficient (Wildman–Crippen LogP) is 2.70. The minimum Gasteiger partial charge on any atom is -0.339 e. The summed E-state index contributed by atoms with van der Waals surface area (Å²) in [4.78, 5) is 29.6. The molecular formula is C18H30N2O2. The molecule has 22 heavy (non-hydrogen) atoms. The van der Waals surface area contributed by atoms with Gasteiger partial charge in [0.15, 0.2) is 0 Å². The first-order valence-corrected chi connectivity index (χ1v) is 8.82. The van der Waals surface area contributed by atoms with E-state index in [1.165, 1.54) is 0 Å². The first-order valence-electron chi connectivity index (χ1n) is 8.82. The van der Waals surface area contributed by atoms with E-state index < -0.39 is 0 Å². The molecule has 2 aliphatic rings. The first kappa shape index (κ1) is 17.0. The van der Waals surface area contributed by atoms with E-state index in [-0.39, 0.29) is 17.7 Å². The van der Waals surface area contributed by atoms with E-state index in [1.54, 1.807) is 0 Å². The summed E-state index contributed by atoms with van der Waals surface area (Å²) in [6.45, 7) is 13.1. The number of hydrogen-bond acceptors (Lipinski definition) is 2. The molecule has 0 aromatic carbocycles. The van der Waals surface area contributed by atoms with Gasteiger partial charge in [0.2, 0.25) is 0 Å². The lowest BCUT2D eigenvalue weighted by molar-refractivity contribution is -0.130. The minimum absolute atomic E-state index is 0.0968. The maximum Gasteiger partial charge on any atom is 0.250 e. The topological polar surface area (TPSA) is 40.6 Å². The van der Waals surface area contributed by atoms with Crippen LogP contribution in [-0.2, 0) is 9.59 Å². The smallest absolute Gasteiger partial charge is 0.250 e. The van der Waals surface area contributed by atoms with E-state index in [0.29, 0.717) is 38.0 Å². The van der Waals surface area contributed by atoms with Gasteiger partial charge in [0.05, 0.1) is 0 Å². The molecule has 0 aromatic rings. The maximum absolute atomic E-state index is 13.0. The third-order valence-electron chi connectivity index (χ3n) is 5.51. The van der Waals surface area contributed by atoms with Gasteiger partial charge in [0.25, 0.3) is 11.8 Å². The van der Waals surface area contributed by atoms with Gasteiger partial charge in [-0.05, 0) is 58.3 Å². The number of amides is 2. The molecule has 1 saturated carbocycles. The monoisotopic (exact) mass is 306 g/mol. The van der Waals surface area contributed by atoms with E-state index in [2.05, 4.69) is 6.92 Å². The van der Waals surface area contributed by atoms with E-state index in [0.717, 1.165) is 24.0 Å². The number of carbonyl (C=O) groups is 2. The number of hydrogen-bond donors (Lipinski definition) is 0. The second-order valence-corrected chi connectivity index (χ2v) is 6.53. The number of nitrogens with zero attached hydrogens (tertiary/aromatic N) is 2. The highest BCUT2D eigenvalue weighted by molar-refractivity contribution is 6.06. The molecule has 0 N–H and O–H groups in total. The highest BCUT2D eigenvalue weighted by atomic mass is 16.2. The van der Waals surface area contributed by atoms with Crippen molar-refractivity contribution in [1.82, 2.24) is 9.80 Å². The fraction of sp³-hybridized carbons (Fsp3) is 0.778. The molecule has 2 amide bonds. The number of likely N-dealkylation sites (N-methyl/N-ethyl adjacent to an activating group) is 2. The number of fused-ring (bicyclic) bond motifs is 2. The van der Waals surface area contributed by atoms with Crippen LogP contribution in [0.15, 0.2) is 11.1 Å². The summed E-state index contributed by atoms with van der Waals surface area (Å²) in [5, 5.41) is 0. The second kappa shape index (κ2) is 6.84. The average Bonchev–Trinajstić information content (AvgIpc) is 3.05. The van der Waals surface area contributed by atoms with Crippen LogP contribution in [0.1, 0.15) is 47.5 Å². The minimum atomic E-state index is 0.0968. The van der Waals surface area contributed by atoms with E-state index in [1.807, 2.05) is 37.5 Å². The fourth-order valence-corrected chi connectivity index (χ4v) is 4.23. The van der Waals surface area contributed by atoms with Crippen LogP contribution >= 0.6 is 0 Å². The molecular weight excluding hydrogens is 276 g/mol. The molecule has 0 spiro atoms. The molecule has 2 bridgehead atoms. The molecule has 0 aliphatic heterocycles. The first-order chi connectivity index (χ1) is 10.5. The lowest BCUT2D eigenvalue weighted by atomic mass is 9.83. The molecule has 4 nitrogen and oxygen atoms in total. The van der Waals surface area contributed by atoms with Crippen molar-refractivity contribution in [1.29, 1.82) is 0 Å². The van der Waals surface area contributed by atoms with Crippen LogP contribution < -0.4 is 0 Å². The zero-order valence-electron chi connectivity index (χ0n) is 14.7. The maximum atomic E-state index is 13.0. The van der Waals surface area contributed by atoms with Crippen LogP contribution in [0.4, 0.5) is 0 Å². The Bertz CT molecular complexity index is 475. The van der Waals surface area contributed by atoms with Crippen molar-refractivity contribution in [3.63, 3.8) is 0 Å². The Labute approximate surface area is 134 Å². The predicted molar refractivity (Wildman–Crippen MR) is 88.3 cm³/mol.